The van der Waals surface area contributed by atoms with Gasteiger partial charge in [-0.05, 0) is 72.5 Å². The minimum atomic E-state index is -4.39. The van der Waals surface area contributed by atoms with Gasteiger partial charge in [0.15, 0.2) is 0 Å². The summed E-state index contributed by atoms with van der Waals surface area (Å²) >= 11 is 0. The first-order valence-electron chi connectivity index (χ1n) is 9.70. The zero-order chi connectivity index (χ0) is 22.5. The number of alkyl halides is 3. The molecule has 0 spiro atoms. The highest BCUT2D eigenvalue weighted by molar-refractivity contribution is 7.89. The molecule has 0 saturated carbocycles. The van der Waals surface area contributed by atoms with Crippen molar-refractivity contribution in [1.29, 1.82) is 0 Å². The largest absolute Gasteiger partial charge is 0.457 e. The van der Waals surface area contributed by atoms with E-state index in [9.17, 15) is 21.6 Å². The second-order valence-corrected chi connectivity index (χ2v) is 8.68. The number of hydrogen-bond acceptors (Lipinski definition) is 3. The number of hydrogen-bond donors (Lipinski definition) is 1. The molecule has 0 aliphatic carbocycles. The van der Waals surface area contributed by atoms with E-state index >= 15 is 0 Å². The fourth-order valence-electron chi connectivity index (χ4n) is 2.89. The van der Waals surface area contributed by atoms with E-state index in [4.69, 9.17) is 4.74 Å². The fourth-order valence-corrected chi connectivity index (χ4v) is 3.92. The van der Waals surface area contributed by atoms with Crippen molar-refractivity contribution in [3.63, 3.8) is 0 Å². The number of halogens is 3. The topological polar surface area (TPSA) is 55.4 Å². The van der Waals surface area contributed by atoms with Crippen molar-refractivity contribution in [2.45, 2.75) is 30.8 Å². The van der Waals surface area contributed by atoms with Crippen molar-refractivity contribution in [3.8, 4) is 11.5 Å². The van der Waals surface area contributed by atoms with Gasteiger partial charge in [0.25, 0.3) is 0 Å². The van der Waals surface area contributed by atoms with Gasteiger partial charge >= 0.3 is 6.18 Å². The molecule has 8 heteroatoms. The van der Waals surface area contributed by atoms with E-state index in [1.54, 1.807) is 48.5 Å². The highest BCUT2D eigenvalue weighted by atomic mass is 32.2. The standard InChI is InChI=1S/C23H22F3NO3S/c1-2-17-5-13-22(14-6-17)31(28,29)27-16-15-18-3-9-20(10-4-18)30-21-11-7-19(8-12-21)23(24,25)26/h3-14,27H,2,15-16H2,1H3. The molecule has 0 fully saturated rings. The van der Waals surface area contributed by atoms with Gasteiger partial charge in [0.2, 0.25) is 10.0 Å². The molecule has 0 heterocycles. The van der Waals surface area contributed by atoms with Gasteiger partial charge in [-0.25, -0.2) is 13.1 Å². The third-order valence-corrected chi connectivity index (χ3v) is 6.17. The van der Waals surface area contributed by atoms with E-state index < -0.39 is 21.8 Å². The van der Waals surface area contributed by atoms with Crippen LogP contribution in [0.4, 0.5) is 13.2 Å². The smallest absolute Gasteiger partial charge is 0.416 e. The number of rotatable bonds is 8. The van der Waals surface area contributed by atoms with Crippen LogP contribution in [0.15, 0.2) is 77.7 Å². The minimum absolute atomic E-state index is 0.227. The maximum absolute atomic E-state index is 12.6. The van der Waals surface area contributed by atoms with Gasteiger partial charge in [0.1, 0.15) is 11.5 Å². The molecule has 0 bridgehead atoms. The van der Waals surface area contributed by atoms with Crippen LogP contribution >= 0.6 is 0 Å². The summed E-state index contributed by atoms with van der Waals surface area (Å²) in [5, 5.41) is 0. The fraction of sp³-hybridized carbons (Fsp3) is 0.217. The minimum Gasteiger partial charge on any atom is -0.457 e. The zero-order valence-electron chi connectivity index (χ0n) is 16.8. The average molecular weight is 449 g/mol. The Balaban J connectivity index is 1.53. The summed E-state index contributed by atoms with van der Waals surface area (Å²) in [5.74, 6) is 0.766. The van der Waals surface area contributed by atoms with Crippen molar-refractivity contribution in [2.24, 2.45) is 0 Å². The van der Waals surface area contributed by atoms with Crippen molar-refractivity contribution in [3.05, 3.63) is 89.5 Å². The molecule has 0 saturated heterocycles. The molecule has 3 aromatic carbocycles. The van der Waals surface area contributed by atoms with Crippen LogP contribution in [0, 0.1) is 0 Å². The Morgan fingerprint density at radius 2 is 1.32 bits per heavy atom. The lowest BCUT2D eigenvalue weighted by molar-refractivity contribution is -0.137. The number of nitrogens with one attached hydrogen (secondary N) is 1. The van der Waals surface area contributed by atoms with Crippen molar-refractivity contribution in [1.82, 2.24) is 4.72 Å². The molecule has 0 unspecified atom stereocenters. The molecule has 3 rings (SSSR count). The Hall–Kier alpha value is -2.84. The Bertz CT molecular complexity index is 1090. The second-order valence-electron chi connectivity index (χ2n) is 6.91. The molecule has 0 aliphatic heterocycles. The van der Waals surface area contributed by atoms with Crippen LogP contribution in [0.2, 0.25) is 0 Å². The molecular formula is C23H22F3NO3S. The normalized spacial score (nSPS) is 12.0. The Morgan fingerprint density at radius 3 is 1.84 bits per heavy atom. The lowest BCUT2D eigenvalue weighted by Gasteiger charge is -2.10. The van der Waals surface area contributed by atoms with Gasteiger partial charge in [0.05, 0.1) is 10.5 Å². The first-order chi connectivity index (χ1) is 14.7. The van der Waals surface area contributed by atoms with Gasteiger partial charge in [-0.1, -0.05) is 31.2 Å². The zero-order valence-corrected chi connectivity index (χ0v) is 17.6. The first-order valence-corrected chi connectivity index (χ1v) is 11.2. The molecule has 4 nitrogen and oxygen atoms in total. The van der Waals surface area contributed by atoms with Gasteiger partial charge < -0.3 is 4.74 Å². The SMILES string of the molecule is CCc1ccc(S(=O)(=O)NCCc2ccc(Oc3ccc(C(F)(F)F)cc3)cc2)cc1. The summed E-state index contributed by atoms with van der Waals surface area (Å²) < 4.78 is 70.7. The predicted molar refractivity (Wildman–Crippen MR) is 113 cm³/mol. The van der Waals surface area contributed by atoms with Crippen molar-refractivity contribution in [2.75, 3.05) is 6.54 Å². The Morgan fingerprint density at radius 1 is 0.806 bits per heavy atom. The summed E-state index contributed by atoms with van der Waals surface area (Å²) in [6.45, 7) is 2.23. The molecule has 31 heavy (non-hydrogen) atoms. The summed E-state index contributed by atoms with van der Waals surface area (Å²) in [4.78, 5) is 0.227. The van der Waals surface area contributed by atoms with Gasteiger partial charge in [-0.3, -0.25) is 0 Å². The number of ether oxygens (including phenoxy) is 1. The molecule has 164 valence electrons. The van der Waals surface area contributed by atoms with Crippen molar-refractivity contribution >= 4 is 10.0 Å². The van der Waals surface area contributed by atoms with E-state index in [-0.39, 0.29) is 11.4 Å². The highest BCUT2D eigenvalue weighted by Gasteiger charge is 2.30. The molecule has 0 aliphatic rings. The molecule has 0 radical (unpaired) electrons. The molecular weight excluding hydrogens is 427 g/mol. The number of sulfonamides is 1. The molecule has 1 N–H and O–H groups in total. The lowest BCUT2D eigenvalue weighted by atomic mass is 10.1. The van der Waals surface area contributed by atoms with Crippen LogP contribution < -0.4 is 9.46 Å². The first kappa shape index (κ1) is 22.8. The molecule has 0 amide bonds. The van der Waals surface area contributed by atoms with E-state index in [0.717, 1.165) is 29.7 Å². The predicted octanol–water partition coefficient (Wildman–Crippen LogP) is 5.58. The van der Waals surface area contributed by atoms with Crippen LogP contribution in [0.5, 0.6) is 11.5 Å². The van der Waals surface area contributed by atoms with E-state index in [2.05, 4.69) is 4.72 Å². The van der Waals surface area contributed by atoms with E-state index in [1.165, 1.54) is 12.1 Å². The van der Waals surface area contributed by atoms with Crippen LogP contribution in [-0.4, -0.2) is 15.0 Å². The summed E-state index contributed by atoms with van der Waals surface area (Å²) in [7, 11) is -3.57. The Kier molecular flexibility index (Phi) is 7.02. The summed E-state index contributed by atoms with van der Waals surface area (Å²) in [5.41, 5.74) is 1.22. The van der Waals surface area contributed by atoms with Crippen LogP contribution in [-0.2, 0) is 29.0 Å². The average Bonchev–Trinajstić information content (AvgIpc) is 2.75. The highest BCUT2D eigenvalue weighted by Crippen LogP contribution is 2.31. The third kappa shape index (κ3) is 6.32. The van der Waals surface area contributed by atoms with Crippen LogP contribution in [0.3, 0.4) is 0 Å². The van der Waals surface area contributed by atoms with E-state index in [1.807, 2.05) is 6.92 Å². The maximum atomic E-state index is 12.6. The second kappa shape index (κ2) is 9.53. The van der Waals surface area contributed by atoms with Crippen molar-refractivity contribution < 1.29 is 26.3 Å². The van der Waals surface area contributed by atoms with Crippen LogP contribution in [0.1, 0.15) is 23.6 Å². The van der Waals surface area contributed by atoms with E-state index in [0.29, 0.717) is 17.9 Å². The molecule has 3 aromatic rings. The van der Waals surface area contributed by atoms with Gasteiger partial charge in [-0.2, -0.15) is 13.2 Å². The number of aryl methyl sites for hydroxylation is 1. The summed E-state index contributed by atoms with van der Waals surface area (Å²) in [6, 6.07) is 18.2. The van der Waals surface area contributed by atoms with Gasteiger partial charge in [-0.15, -0.1) is 0 Å². The number of benzene rings is 3. The summed E-state index contributed by atoms with van der Waals surface area (Å²) in [6.07, 6.45) is -3.07. The monoisotopic (exact) mass is 449 g/mol. The molecule has 0 atom stereocenters. The lowest BCUT2D eigenvalue weighted by Crippen LogP contribution is -2.26. The maximum Gasteiger partial charge on any atom is 0.416 e. The van der Waals surface area contributed by atoms with Crippen LogP contribution in [0.25, 0.3) is 0 Å². The van der Waals surface area contributed by atoms with Gasteiger partial charge in [0, 0.05) is 6.54 Å². The quantitative estimate of drug-likeness (QED) is 0.488. The third-order valence-electron chi connectivity index (χ3n) is 4.69. The molecule has 0 aromatic heterocycles. The Labute approximate surface area is 179 Å².